The van der Waals surface area contributed by atoms with E-state index in [1.165, 1.54) is 12.1 Å². The molecule has 0 unspecified atom stereocenters. The van der Waals surface area contributed by atoms with Crippen molar-refractivity contribution >= 4 is 0 Å². The van der Waals surface area contributed by atoms with E-state index in [9.17, 15) is 13.2 Å². The van der Waals surface area contributed by atoms with Crippen molar-refractivity contribution < 1.29 is 17.7 Å². The van der Waals surface area contributed by atoms with Gasteiger partial charge in [-0.25, -0.2) is 0 Å². The van der Waals surface area contributed by atoms with Crippen molar-refractivity contribution in [3.8, 4) is 0 Å². The third kappa shape index (κ3) is 3.82. The Hall–Kier alpha value is -1.82. The molecule has 0 atom stereocenters. The molecule has 0 aliphatic carbocycles. The number of alkyl halides is 3. The Balaban J connectivity index is 1.86. The van der Waals surface area contributed by atoms with E-state index in [1.807, 2.05) is 6.92 Å². The highest BCUT2D eigenvalue weighted by Crippen LogP contribution is 2.29. The quantitative estimate of drug-likeness (QED) is 0.926. The van der Waals surface area contributed by atoms with Gasteiger partial charge < -0.3 is 9.84 Å². The number of hydrogen-bond donors (Lipinski definition) is 1. The number of halogens is 3. The molecular weight excluding hydrogens is 257 g/mol. The lowest BCUT2D eigenvalue weighted by Gasteiger charge is -2.07. The lowest BCUT2D eigenvalue weighted by atomic mass is 10.1. The summed E-state index contributed by atoms with van der Waals surface area (Å²) < 4.78 is 42.1. The maximum atomic E-state index is 12.4. The molecule has 1 aromatic carbocycles. The van der Waals surface area contributed by atoms with Gasteiger partial charge in [-0.3, -0.25) is 0 Å². The molecule has 3 nitrogen and oxygen atoms in total. The first-order valence-corrected chi connectivity index (χ1v) is 5.74. The van der Waals surface area contributed by atoms with Gasteiger partial charge in [-0.2, -0.15) is 13.2 Å². The number of nitrogens with zero attached hydrogens (tertiary/aromatic N) is 1. The summed E-state index contributed by atoms with van der Waals surface area (Å²) in [5, 5.41) is 6.82. The van der Waals surface area contributed by atoms with Crippen LogP contribution in [0.1, 0.15) is 22.6 Å². The SMILES string of the molecule is Cc1cc(CNCc2ccc(C(F)(F)F)cc2)on1. The van der Waals surface area contributed by atoms with E-state index in [-0.39, 0.29) is 0 Å². The second kappa shape index (κ2) is 5.44. The highest BCUT2D eigenvalue weighted by Gasteiger charge is 2.29. The molecule has 6 heteroatoms. The van der Waals surface area contributed by atoms with Gasteiger partial charge in [0.2, 0.25) is 0 Å². The molecular formula is C13H13F3N2O. The third-order valence-corrected chi connectivity index (χ3v) is 2.59. The van der Waals surface area contributed by atoms with Gasteiger partial charge in [-0.15, -0.1) is 0 Å². The van der Waals surface area contributed by atoms with Gasteiger partial charge in [0, 0.05) is 12.6 Å². The first-order valence-electron chi connectivity index (χ1n) is 5.74. The Morgan fingerprint density at radius 3 is 2.37 bits per heavy atom. The molecule has 1 heterocycles. The summed E-state index contributed by atoms with van der Waals surface area (Å²) in [7, 11) is 0. The van der Waals surface area contributed by atoms with Crippen LogP contribution in [-0.4, -0.2) is 5.16 Å². The lowest BCUT2D eigenvalue weighted by molar-refractivity contribution is -0.137. The second-order valence-electron chi connectivity index (χ2n) is 4.23. The maximum Gasteiger partial charge on any atom is 0.416 e. The Morgan fingerprint density at radius 1 is 1.16 bits per heavy atom. The van der Waals surface area contributed by atoms with Gasteiger partial charge >= 0.3 is 6.18 Å². The van der Waals surface area contributed by atoms with Crippen LogP contribution in [0.4, 0.5) is 13.2 Å². The Morgan fingerprint density at radius 2 is 1.84 bits per heavy atom. The van der Waals surface area contributed by atoms with E-state index in [2.05, 4.69) is 10.5 Å². The topological polar surface area (TPSA) is 38.1 Å². The van der Waals surface area contributed by atoms with Crippen LogP contribution in [0.25, 0.3) is 0 Å². The predicted octanol–water partition coefficient (Wildman–Crippen LogP) is 3.29. The van der Waals surface area contributed by atoms with Crippen LogP contribution in [0.15, 0.2) is 34.9 Å². The molecule has 0 bridgehead atoms. The monoisotopic (exact) mass is 270 g/mol. The van der Waals surface area contributed by atoms with Crippen LogP contribution >= 0.6 is 0 Å². The average Bonchev–Trinajstić information content (AvgIpc) is 2.75. The number of aryl methyl sites for hydroxylation is 1. The number of rotatable bonds is 4. The summed E-state index contributed by atoms with van der Waals surface area (Å²) in [5.41, 5.74) is 0.942. The van der Waals surface area contributed by atoms with Gasteiger partial charge in [0.25, 0.3) is 0 Å². The molecule has 0 spiro atoms. The number of benzene rings is 1. The smallest absolute Gasteiger partial charge is 0.360 e. The van der Waals surface area contributed by atoms with E-state index in [0.717, 1.165) is 23.4 Å². The van der Waals surface area contributed by atoms with Crippen molar-refractivity contribution in [1.29, 1.82) is 0 Å². The fourth-order valence-electron chi connectivity index (χ4n) is 1.64. The summed E-state index contributed by atoms with van der Waals surface area (Å²) in [4.78, 5) is 0. The molecule has 2 aromatic rings. The molecule has 2 rings (SSSR count). The van der Waals surface area contributed by atoms with Crippen molar-refractivity contribution in [2.75, 3.05) is 0 Å². The lowest BCUT2D eigenvalue weighted by Crippen LogP contribution is -2.12. The molecule has 0 aliphatic heterocycles. The summed E-state index contributed by atoms with van der Waals surface area (Å²) in [6.07, 6.45) is -4.29. The summed E-state index contributed by atoms with van der Waals surface area (Å²) in [6, 6.07) is 6.88. The minimum Gasteiger partial charge on any atom is -0.360 e. The van der Waals surface area contributed by atoms with Gasteiger partial charge in [-0.1, -0.05) is 17.3 Å². The molecule has 19 heavy (non-hydrogen) atoms. The molecule has 0 amide bonds. The van der Waals surface area contributed by atoms with Gasteiger partial charge in [0.05, 0.1) is 17.8 Å². The minimum atomic E-state index is -4.29. The van der Waals surface area contributed by atoms with Crippen LogP contribution in [0, 0.1) is 6.92 Å². The average molecular weight is 270 g/mol. The Labute approximate surface area is 108 Å². The van der Waals surface area contributed by atoms with Crippen molar-refractivity contribution in [2.24, 2.45) is 0 Å². The van der Waals surface area contributed by atoms with Gasteiger partial charge in [0.1, 0.15) is 0 Å². The van der Waals surface area contributed by atoms with Crippen molar-refractivity contribution in [1.82, 2.24) is 10.5 Å². The fraction of sp³-hybridized carbons (Fsp3) is 0.308. The first kappa shape index (κ1) is 13.6. The summed E-state index contributed by atoms with van der Waals surface area (Å²) in [6.45, 7) is 2.78. The number of nitrogens with one attached hydrogen (secondary N) is 1. The highest BCUT2D eigenvalue weighted by atomic mass is 19.4. The third-order valence-electron chi connectivity index (χ3n) is 2.59. The van der Waals surface area contributed by atoms with Gasteiger partial charge in [0.15, 0.2) is 5.76 Å². The van der Waals surface area contributed by atoms with Crippen LogP contribution in [0.3, 0.4) is 0 Å². The van der Waals surface area contributed by atoms with Crippen molar-refractivity contribution in [3.05, 3.63) is 52.9 Å². The zero-order chi connectivity index (χ0) is 13.9. The summed E-state index contributed by atoms with van der Waals surface area (Å²) in [5.74, 6) is 0.699. The number of hydrogen-bond acceptors (Lipinski definition) is 3. The molecule has 0 fully saturated rings. The minimum absolute atomic E-state index is 0.470. The van der Waals surface area contributed by atoms with Crippen LogP contribution in [0.5, 0.6) is 0 Å². The van der Waals surface area contributed by atoms with E-state index in [4.69, 9.17) is 4.52 Å². The largest absolute Gasteiger partial charge is 0.416 e. The maximum absolute atomic E-state index is 12.4. The molecule has 0 aliphatic rings. The van der Waals surface area contributed by atoms with E-state index in [1.54, 1.807) is 6.07 Å². The van der Waals surface area contributed by atoms with Crippen LogP contribution < -0.4 is 5.32 Å². The molecule has 102 valence electrons. The van der Waals surface area contributed by atoms with Crippen molar-refractivity contribution in [3.63, 3.8) is 0 Å². The normalized spacial score (nSPS) is 11.8. The molecule has 1 aromatic heterocycles. The highest BCUT2D eigenvalue weighted by molar-refractivity contribution is 5.24. The van der Waals surface area contributed by atoms with Gasteiger partial charge in [-0.05, 0) is 24.6 Å². The summed E-state index contributed by atoms with van der Waals surface area (Å²) >= 11 is 0. The fourth-order valence-corrected chi connectivity index (χ4v) is 1.64. The van der Waals surface area contributed by atoms with Crippen LogP contribution in [0.2, 0.25) is 0 Å². The predicted molar refractivity (Wildman–Crippen MR) is 63.2 cm³/mol. The number of aromatic nitrogens is 1. The van der Waals surface area contributed by atoms with Crippen LogP contribution in [-0.2, 0) is 19.3 Å². The Kier molecular flexibility index (Phi) is 3.90. The molecule has 0 saturated heterocycles. The standard InChI is InChI=1S/C13H13F3N2O/c1-9-6-12(19-18-9)8-17-7-10-2-4-11(5-3-10)13(14,15)16/h2-6,17H,7-8H2,1H3. The Bertz CT molecular complexity index is 532. The zero-order valence-electron chi connectivity index (χ0n) is 10.3. The molecule has 0 radical (unpaired) electrons. The van der Waals surface area contributed by atoms with Crippen molar-refractivity contribution in [2.45, 2.75) is 26.2 Å². The van der Waals surface area contributed by atoms with E-state index < -0.39 is 11.7 Å². The van der Waals surface area contributed by atoms with E-state index >= 15 is 0 Å². The zero-order valence-corrected chi connectivity index (χ0v) is 10.3. The molecule has 0 saturated carbocycles. The first-order chi connectivity index (χ1) is 8.95. The second-order valence-corrected chi connectivity index (χ2v) is 4.23. The molecule has 1 N–H and O–H groups in total. The van der Waals surface area contributed by atoms with E-state index in [0.29, 0.717) is 18.8 Å².